The Balaban J connectivity index is 1.32. The van der Waals surface area contributed by atoms with E-state index in [2.05, 4.69) is 15.5 Å². The number of rotatable bonds is 7. The number of carbonyl (C=O) groups is 2. The number of halogens is 2. The van der Waals surface area contributed by atoms with E-state index in [1.54, 1.807) is 12.1 Å². The molecule has 0 radical (unpaired) electrons. The van der Waals surface area contributed by atoms with E-state index in [1.165, 1.54) is 6.92 Å². The summed E-state index contributed by atoms with van der Waals surface area (Å²) in [5.74, 6) is -1.21. The maximum atomic E-state index is 14.0. The van der Waals surface area contributed by atoms with Crippen molar-refractivity contribution >= 4 is 17.5 Å². The highest BCUT2D eigenvalue weighted by molar-refractivity contribution is 5.83. The Kier molecular flexibility index (Phi) is 8.01. The molecule has 166 valence electrons. The molecule has 1 aliphatic heterocycles. The van der Waals surface area contributed by atoms with Crippen LogP contribution in [0.4, 0.5) is 14.5 Å². The van der Waals surface area contributed by atoms with E-state index < -0.39 is 11.6 Å². The molecule has 8 heteroatoms. The van der Waals surface area contributed by atoms with Gasteiger partial charge < -0.3 is 15.5 Å². The first-order chi connectivity index (χ1) is 14.4. The van der Waals surface area contributed by atoms with Gasteiger partial charge >= 0.3 is 0 Å². The molecule has 1 saturated heterocycles. The van der Waals surface area contributed by atoms with Crippen LogP contribution in [-0.2, 0) is 9.59 Å². The fourth-order valence-electron chi connectivity index (χ4n) is 4.39. The number of anilines is 1. The number of hydrogen-bond donors (Lipinski definition) is 2. The minimum atomic E-state index is -0.795. The molecule has 1 aromatic carbocycles. The molecule has 1 aromatic rings. The van der Waals surface area contributed by atoms with Crippen LogP contribution in [0, 0.1) is 17.6 Å². The number of piperazine rings is 1. The average molecular weight is 423 g/mol. The van der Waals surface area contributed by atoms with Gasteiger partial charge in [-0.1, -0.05) is 6.07 Å². The van der Waals surface area contributed by atoms with Gasteiger partial charge in [-0.05, 0) is 56.7 Å². The van der Waals surface area contributed by atoms with E-state index in [0.29, 0.717) is 24.7 Å². The molecule has 6 nitrogen and oxygen atoms in total. The van der Waals surface area contributed by atoms with Crippen LogP contribution in [0.15, 0.2) is 18.2 Å². The first-order valence-electron chi connectivity index (χ1n) is 10.9. The predicted molar refractivity (Wildman–Crippen MR) is 112 cm³/mol. The lowest BCUT2D eigenvalue weighted by atomic mass is 9.84. The lowest BCUT2D eigenvalue weighted by Gasteiger charge is -2.37. The van der Waals surface area contributed by atoms with Crippen LogP contribution in [0.3, 0.4) is 0 Å². The minimum Gasteiger partial charge on any atom is -0.367 e. The van der Waals surface area contributed by atoms with E-state index in [0.717, 1.165) is 57.8 Å². The Hall–Kier alpha value is -2.22. The molecule has 0 atom stereocenters. The van der Waals surface area contributed by atoms with Gasteiger partial charge in [0.05, 0.1) is 12.2 Å². The van der Waals surface area contributed by atoms with Crippen LogP contribution < -0.4 is 15.5 Å². The summed E-state index contributed by atoms with van der Waals surface area (Å²) in [4.78, 5) is 27.0. The van der Waals surface area contributed by atoms with Gasteiger partial charge in [-0.3, -0.25) is 14.5 Å². The Morgan fingerprint density at radius 3 is 2.43 bits per heavy atom. The molecule has 1 aliphatic carbocycles. The van der Waals surface area contributed by atoms with Crippen molar-refractivity contribution in [2.75, 3.05) is 44.2 Å². The molecule has 2 fully saturated rings. The van der Waals surface area contributed by atoms with Crippen molar-refractivity contribution < 1.29 is 18.4 Å². The second-order valence-electron chi connectivity index (χ2n) is 8.39. The number of carbonyl (C=O) groups excluding carboxylic acids is 2. The summed E-state index contributed by atoms with van der Waals surface area (Å²) in [5, 5.41) is 5.52. The number of nitrogens with one attached hydrogen (secondary N) is 2. The van der Waals surface area contributed by atoms with Crippen LogP contribution >= 0.6 is 0 Å². The molecule has 2 N–H and O–H groups in total. The molecule has 0 unspecified atom stereocenters. The van der Waals surface area contributed by atoms with Gasteiger partial charge in [-0.15, -0.1) is 0 Å². The Bertz CT molecular complexity index is 730. The summed E-state index contributed by atoms with van der Waals surface area (Å²) in [5.41, 5.74) is 0.355. The summed E-state index contributed by atoms with van der Waals surface area (Å²) < 4.78 is 27.4. The molecular formula is C22H32F2N4O2. The Morgan fingerprint density at radius 2 is 1.77 bits per heavy atom. The highest BCUT2D eigenvalue weighted by atomic mass is 19.2. The fourth-order valence-corrected chi connectivity index (χ4v) is 4.39. The molecule has 2 amide bonds. The van der Waals surface area contributed by atoms with Crippen molar-refractivity contribution in [2.24, 2.45) is 5.92 Å². The van der Waals surface area contributed by atoms with Crippen LogP contribution in [0.2, 0.25) is 0 Å². The van der Waals surface area contributed by atoms with Crippen LogP contribution in [0.5, 0.6) is 0 Å². The van der Waals surface area contributed by atoms with E-state index in [1.807, 2.05) is 4.90 Å². The van der Waals surface area contributed by atoms with E-state index in [-0.39, 0.29) is 24.4 Å². The van der Waals surface area contributed by atoms with Gasteiger partial charge in [0.2, 0.25) is 11.8 Å². The van der Waals surface area contributed by atoms with Crippen molar-refractivity contribution in [3.05, 3.63) is 29.8 Å². The second-order valence-corrected chi connectivity index (χ2v) is 8.39. The van der Waals surface area contributed by atoms with Crippen molar-refractivity contribution in [1.82, 2.24) is 15.5 Å². The van der Waals surface area contributed by atoms with Gasteiger partial charge in [0.25, 0.3) is 0 Å². The van der Waals surface area contributed by atoms with E-state index in [4.69, 9.17) is 0 Å². The van der Waals surface area contributed by atoms with E-state index >= 15 is 0 Å². The first kappa shape index (κ1) is 22.5. The number of hydrogen-bond acceptors (Lipinski definition) is 4. The highest BCUT2D eigenvalue weighted by Crippen LogP contribution is 2.28. The molecule has 0 aromatic heterocycles. The zero-order chi connectivity index (χ0) is 21.5. The van der Waals surface area contributed by atoms with Gasteiger partial charge in [0.15, 0.2) is 11.6 Å². The first-order valence-corrected chi connectivity index (χ1v) is 10.9. The maximum absolute atomic E-state index is 14.0. The Morgan fingerprint density at radius 1 is 1.07 bits per heavy atom. The molecule has 0 bridgehead atoms. The van der Waals surface area contributed by atoms with Crippen molar-refractivity contribution in [2.45, 2.75) is 45.1 Å². The van der Waals surface area contributed by atoms with Crippen molar-refractivity contribution in [3.63, 3.8) is 0 Å². The molecule has 1 saturated carbocycles. The van der Waals surface area contributed by atoms with Gasteiger partial charge in [0.1, 0.15) is 0 Å². The Labute approximate surface area is 177 Å². The largest absolute Gasteiger partial charge is 0.367 e. The third kappa shape index (κ3) is 6.39. The summed E-state index contributed by atoms with van der Waals surface area (Å²) in [7, 11) is 0. The number of amides is 2. The summed E-state index contributed by atoms with van der Waals surface area (Å²) in [6.45, 7) is 5.57. The molecule has 3 rings (SSSR count). The maximum Gasteiger partial charge on any atom is 0.239 e. The third-order valence-electron chi connectivity index (χ3n) is 6.21. The number of benzene rings is 1. The smallest absolute Gasteiger partial charge is 0.239 e. The fraction of sp³-hybridized carbons (Fsp3) is 0.636. The quantitative estimate of drug-likeness (QED) is 0.708. The molecular weight excluding hydrogens is 390 g/mol. The average Bonchev–Trinajstić information content (AvgIpc) is 2.74. The summed E-state index contributed by atoms with van der Waals surface area (Å²) in [6, 6.07) is 4.55. The zero-order valence-corrected chi connectivity index (χ0v) is 17.6. The minimum absolute atomic E-state index is 0.0424. The van der Waals surface area contributed by atoms with Gasteiger partial charge in [-0.2, -0.15) is 0 Å². The lowest BCUT2D eigenvalue weighted by molar-refractivity contribution is -0.125. The summed E-state index contributed by atoms with van der Waals surface area (Å²) >= 11 is 0. The zero-order valence-electron chi connectivity index (χ0n) is 17.6. The monoisotopic (exact) mass is 422 g/mol. The van der Waals surface area contributed by atoms with Crippen LogP contribution in [0.25, 0.3) is 0 Å². The number of nitrogens with zero attached hydrogens (tertiary/aromatic N) is 2. The topological polar surface area (TPSA) is 64.7 Å². The van der Waals surface area contributed by atoms with Crippen molar-refractivity contribution in [3.8, 4) is 0 Å². The van der Waals surface area contributed by atoms with Crippen molar-refractivity contribution in [1.29, 1.82) is 0 Å². The lowest BCUT2D eigenvalue weighted by Crippen LogP contribution is -2.47. The molecule has 0 spiro atoms. The third-order valence-corrected chi connectivity index (χ3v) is 6.21. The van der Waals surface area contributed by atoms with Crippen LogP contribution in [-0.4, -0.2) is 62.0 Å². The highest BCUT2D eigenvalue weighted by Gasteiger charge is 2.25. The molecule has 30 heavy (non-hydrogen) atoms. The SMILES string of the molecule is CC(=O)NCC(=O)N[C@H]1CC[C@H](CCN2CCN(c3cccc(F)c3F)CC2)CC1. The normalized spacial score (nSPS) is 22.6. The van der Waals surface area contributed by atoms with Crippen LogP contribution in [0.1, 0.15) is 39.0 Å². The summed E-state index contributed by atoms with van der Waals surface area (Å²) in [6.07, 6.45) is 5.27. The van der Waals surface area contributed by atoms with Gasteiger partial charge in [-0.25, -0.2) is 8.78 Å². The predicted octanol–water partition coefficient (Wildman–Crippen LogP) is 2.29. The standard InChI is InChI=1S/C22H32F2N4O2/c1-16(29)25-15-21(30)26-18-7-5-17(6-8-18)9-10-27-11-13-28(14-12-27)20-4-2-3-19(23)22(20)24/h2-4,17-18H,5-15H2,1H3,(H,25,29)(H,26,30)/t17-,18-. The second kappa shape index (κ2) is 10.7. The molecule has 1 heterocycles. The van der Waals surface area contributed by atoms with Gasteiger partial charge in [0, 0.05) is 39.1 Å². The van der Waals surface area contributed by atoms with E-state index in [9.17, 15) is 18.4 Å². The molecule has 2 aliphatic rings.